The van der Waals surface area contributed by atoms with Gasteiger partial charge in [-0.1, -0.05) is 328 Å². The van der Waals surface area contributed by atoms with Gasteiger partial charge in [-0.25, -0.2) is 0 Å². The molecule has 620 valence electrons. The molecule has 18 aromatic carbocycles. The monoisotopic (exact) mass is 1690 g/mol. The fraction of sp³-hybridized carbons (Fsp3) is 0. The summed E-state index contributed by atoms with van der Waals surface area (Å²) in [5, 5.41) is 4.96. The summed E-state index contributed by atoms with van der Waals surface area (Å²) in [5.41, 5.74) is 37.8. The molecule has 0 spiro atoms. The Balaban J connectivity index is 0.591. The zero-order valence-electron chi connectivity index (χ0n) is 71.6. The van der Waals surface area contributed by atoms with Crippen LogP contribution in [-0.4, -0.2) is 15.0 Å². The molecule has 0 saturated heterocycles. The van der Waals surface area contributed by atoms with E-state index in [4.69, 9.17) is 23.2 Å². The van der Waals surface area contributed by atoms with Crippen LogP contribution in [0.3, 0.4) is 0 Å². The smallest absolute Gasteiger partial charge is 0.161 e. The number of fused-ring (bicyclic) bond motifs is 9. The molecule has 0 aliphatic heterocycles. The highest BCUT2D eigenvalue weighted by Crippen LogP contribution is 2.52. The molecule has 0 bridgehead atoms. The third-order valence-corrected chi connectivity index (χ3v) is 25.5. The van der Waals surface area contributed by atoms with E-state index in [1.165, 1.54) is 0 Å². The molecule has 0 radical (unpaired) electrons. The van der Waals surface area contributed by atoms with Crippen LogP contribution in [0.4, 0.5) is 51.2 Å². The number of para-hydroxylation sites is 3. The lowest BCUT2D eigenvalue weighted by atomic mass is 9.94. The van der Waals surface area contributed by atoms with Crippen molar-refractivity contribution in [1.29, 1.82) is 0 Å². The van der Waals surface area contributed by atoms with Crippen LogP contribution in [0.5, 0.6) is 0 Å². The molecule has 0 N–H and O–H groups in total. The van der Waals surface area contributed by atoms with Gasteiger partial charge in [0.25, 0.3) is 0 Å². The molecule has 0 aliphatic rings. The maximum Gasteiger partial charge on any atom is 0.161 e. The van der Waals surface area contributed by atoms with Gasteiger partial charge in [-0.15, -0.1) is 0 Å². The number of furan rings is 3. The van der Waals surface area contributed by atoms with Gasteiger partial charge in [0.15, 0.2) is 27.9 Å². The number of aromatic nitrogens is 3. The largest absolute Gasteiger partial charge is 0.454 e. The highest BCUT2D eigenvalue weighted by molar-refractivity contribution is 6.15. The number of rotatable bonds is 20. The molecule has 9 heteroatoms. The van der Waals surface area contributed by atoms with Crippen molar-refractivity contribution in [2.75, 3.05) is 14.7 Å². The van der Waals surface area contributed by atoms with Crippen LogP contribution in [0.25, 0.3) is 188 Å². The summed E-state index contributed by atoms with van der Waals surface area (Å²) in [6.07, 6.45) is 9.27. The fourth-order valence-corrected chi connectivity index (χ4v) is 19.0. The van der Waals surface area contributed by atoms with Crippen molar-refractivity contribution in [3.8, 4) is 122 Å². The normalized spacial score (nSPS) is 11.5. The Morgan fingerprint density at radius 1 is 0.174 bits per heavy atom. The molecule has 0 amide bonds. The summed E-state index contributed by atoms with van der Waals surface area (Å²) in [4.78, 5) is 21.4. The molecule has 6 aromatic heterocycles. The number of anilines is 9. The average molecular weight is 1690 g/mol. The van der Waals surface area contributed by atoms with Gasteiger partial charge in [0.1, 0.15) is 11.1 Å². The van der Waals surface area contributed by atoms with Crippen molar-refractivity contribution in [3.05, 3.63) is 486 Å². The van der Waals surface area contributed by atoms with E-state index in [1.807, 2.05) is 55.1 Å². The Labute approximate surface area is 763 Å². The minimum atomic E-state index is 0.696. The standard InChI is InChI=1S/C123H80N6O3/c1-6-23-81(24-7-1)86-54-60-102(61-55-86)127(113-39-21-37-109-108-66-68-124-79-118(108)132-122(109)113)105-72-97(84-29-12-4-13-30-84)70-99(74-105)92-46-48-93(49-47-92)101-76-111-121-117(41-22-67-126-121)131-123(111)114(77-101)128(103-62-56-87(57-63-103)82-25-8-2-9-26-82)106-73-98(85-31-14-5-15-32-85)71-100(75-106)91-44-42-89(43-45-91)95-33-20-34-96(69-95)90-50-52-94(53-51-90)107-35-16-18-38-112(107)129(104-64-58-88(59-65-104)83-27-10-3-11-28-83)115-78-125-80-119-120(115)110-36-17-19-40-116(110)130-119/h1-80H. The summed E-state index contributed by atoms with van der Waals surface area (Å²) in [6.45, 7) is 0. The molecule has 0 unspecified atom stereocenters. The van der Waals surface area contributed by atoms with E-state index < -0.39 is 0 Å². The van der Waals surface area contributed by atoms with E-state index in [0.29, 0.717) is 11.2 Å². The summed E-state index contributed by atoms with van der Waals surface area (Å²) >= 11 is 0. The third-order valence-electron chi connectivity index (χ3n) is 25.5. The highest BCUT2D eigenvalue weighted by atomic mass is 16.3. The van der Waals surface area contributed by atoms with Crippen molar-refractivity contribution in [2.24, 2.45) is 0 Å². The fourth-order valence-electron chi connectivity index (χ4n) is 19.0. The predicted molar refractivity (Wildman–Crippen MR) is 546 cm³/mol. The van der Waals surface area contributed by atoms with E-state index in [1.54, 1.807) is 6.20 Å². The van der Waals surface area contributed by atoms with Gasteiger partial charge in [0.2, 0.25) is 0 Å². The average Bonchev–Trinajstić information content (AvgIpc) is 1.55. The summed E-state index contributed by atoms with van der Waals surface area (Å²) in [5.74, 6) is 0. The number of hydrogen-bond acceptors (Lipinski definition) is 9. The number of pyridine rings is 3. The molecule has 0 aliphatic carbocycles. The van der Waals surface area contributed by atoms with E-state index in [2.05, 4.69) is 444 Å². The first-order chi connectivity index (χ1) is 65.4. The second-order valence-electron chi connectivity index (χ2n) is 33.4. The molecule has 132 heavy (non-hydrogen) atoms. The Kier molecular flexibility index (Phi) is 19.7. The SMILES string of the molecule is c1ccc(-c2ccc(N(c3cc(-c4ccccc4)cc(-c4ccc(-c5cc(N(c6ccc(-c7ccccc7)cc6)c6cc(-c7ccccc7)cc(-c7ccc(-c8cccc(-c9ccc(-c%10ccccc%10N(c%10ccc(-c%11ccccc%11)cc%10)c%10cncc%11oc%12ccccc%12c%10%11)cc9)c8)cc7)c6)c6oc7cccnc7c6c5)cc4)c3)c3cccc4c3oc3cnccc34)cc2)cc1. The van der Waals surface area contributed by atoms with Crippen LogP contribution in [0.1, 0.15) is 0 Å². The van der Waals surface area contributed by atoms with Gasteiger partial charge < -0.3 is 28.0 Å². The number of nitrogens with zero attached hydrogens (tertiary/aromatic N) is 6. The van der Waals surface area contributed by atoms with Crippen molar-refractivity contribution >= 4 is 117 Å². The number of benzene rings is 18. The lowest BCUT2D eigenvalue weighted by Gasteiger charge is -2.28. The van der Waals surface area contributed by atoms with Crippen LogP contribution in [0, 0.1) is 0 Å². The second-order valence-corrected chi connectivity index (χ2v) is 33.4. The first-order valence-electron chi connectivity index (χ1n) is 44.5. The van der Waals surface area contributed by atoms with Gasteiger partial charge in [-0.05, 0) is 244 Å². The van der Waals surface area contributed by atoms with E-state index in [-0.39, 0.29) is 0 Å². The number of hydrogen-bond donors (Lipinski definition) is 0. The van der Waals surface area contributed by atoms with Crippen LogP contribution >= 0.6 is 0 Å². The molecular formula is C123H80N6O3. The molecule has 0 atom stereocenters. The Morgan fingerprint density at radius 3 is 1.08 bits per heavy atom. The zero-order valence-corrected chi connectivity index (χ0v) is 71.6. The lowest BCUT2D eigenvalue weighted by Crippen LogP contribution is -2.12. The zero-order chi connectivity index (χ0) is 87.4. The van der Waals surface area contributed by atoms with Gasteiger partial charge >= 0.3 is 0 Å². The minimum absolute atomic E-state index is 0.696. The van der Waals surface area contributed by atoms with Gasteiger partial charge in [-0.2, -0.15) is 0 Å². The maximum absolute atomic E-state index is 7.17. The highest BCUT2D eigenvalue weighted by Gasteiger charge is 2.28. The van der Waals surface area contributed by atoms with E-state index in [9.17, 15) is 0 Å². The van der Waals surface area contributed by atoms with Crippen molar-refractivity contribution < 1.29 is 13.3 Å². The summed E-state index contributed by atoms with van der Waals surface area (Å²) < 4.78 is 20.5. The quantitative estimate of drug-likeness (QED) is 0.0740. The molecule has 0 fully saturated rings. The van der Waals surface area contributed by atoms with E-state index >= 15 is 0 Å². The maximum atomic E-state index is 7.17. The lowest BCUT2D eigenvalue weighted by molar-refractivity contribution is 0.666. The van der Waals surface area contributed by atoms with Crippen LogP contribution in [-0.2, 0) is 0 Å². The Hall–Kier alpha value is -17.8. The molecule has 9 nitrogen and oxygen atoms in total. The minimum Gasteiger partial charge on any atom is -0.454 e. The Morgan fingerprint density at radius 2 is 0.545 bits per heavy atom. The van der Waals surface area contributed by atoms with Gasteiger partial charge in [-0.3, -0.25) is 15.0 Å². The molecule has 6 heterocycles. The molecule has 24 aromatic rings. The topological polar surface area (TPSA) is 87.8 Å². The van der Waals surface area contributed by atoms with Crippen molar-refractivity contribution in [2.45, 2.75) is 0 Å². The summed E-state index contributed by atoms with van der Waals surface area (Å²) in [7, 11) is 0. The van der Waals surface area contributed by atoms with Crippen molar-refractivity contribution in [1.82, 2.24) is 15.0 Å². The Bertz CT molecular complexity index is 8400. The third kappa shape index (κ3) is 14.6. The van der Waals surface area contributed by atoms with Crippen LogP contribution in [0.15, 0.2) is 499 Å². The van der Waals surface area contributed by atoms with Crippen molar-refractivity contribution in [3.63, 3.8) is 0 Å². The van der Waals surface area contributed by atoms with Gasteiger partial charge in [0.05, 0.1) is 46.7 Å². The first kappa shape index (κ1) is 77.8. The molecule has 0 saturated carbocycles. The van der Waals surface area contributed by atoms with Crippen LogP contribution < -0.4 is 14.7 Å². The second kappa shape index (κ2) is 33.5. The molecular weight excluding hydrogens is 1610 g/mol. The summed E-state index contributed by atoms with van der Waals surface area (Å²) in [6, 6.07) is 163. The van der Waals surface area contributed by atoms with Crippen LogP contribution in [0.2, 0.25) is 0 Å². The predicted octanol–water partition coefficient (Wildman–Crippen LogP) is 34.3. The van der Waals surface area contributed by atoms with Gasteiger partial charge in [0, 0.05) is 67.9 Å². The molecule has 24 rings (SSSR count). The first-order valence-corrected chi connectivity index (χ1v) is 44.5. The van der Waals surface area contributed by atoms with E-state index in [0.717, 1.165) is 228 Å².